The first-order valence-electron chi connectivity index (χ1n) is 8.20. The number of rotatable bonds is 3. The lowest BCUT2D eigenvalue weighted by Crippen LogP contribution is -2.43. The van der Waals surface area contributed by atoms with Gasteiger partial charge in [0.25, 0.3) is 5.56 Å². The second-order valence-corrected chi connectivity index (χ2v) is 6.66. The predicted molar refractivity (Wildman–Crippen MR) is 94.1 cm³/mol. The standard InChI is InChI=1S/C19H19F3N2O3/c1-11-12(19(20,21)22)8-9-13-15(11)16(24-10-6-5-7-14(24)25)17(23-26-4)18(2,3)27-13/h5-10,23H,1-4H3. The van der Waals surface area contributed by atoms with E-state index in [4.69, 9.17) is 9.57 Å². The van der Waals surface area contributed by atoms with E-state index in [1.54, 1.807) is 26.0 Å². The molecule has 1 aromatic carbocycles. The molecule has 27 heavy (non-hydrogen) atoms. The molecule has 0 radical (unpaired) electrons. The maximum atomic E-state index is 13.5. The molecule has 0 spiro atoms. The fraction of sp³-hybridized carbons (Fsp3) is 0.316. The molecular weight excluding hydrogens is 361 g/mol. The fourth-order valence-corrected chi connectivity index (χ4v) is 3.24. The molecule has 144 valence electrons. The molecule has 5 nitrogen and oxygen atoms in total. The van der Waals surface area contributed by atoms with Crippen LogP contribution in [0, 0.1) is 6.92 Å². The van der Waals surface area contributed by atoms with Crippen molar-refractivity contribution < 1.29 is 22.7 Å². The van der Waals surface area contributed by atoms with Crippen LogP contribution in [0.3, 0.4) is 0 Å². The first-order chi connectivity index (χ1) is 12.6. The lowest BCUT2D eigenvalue weighted by atomic mass is 9.90. The van der Waals surface area contributed by atoms with Gasteiger partial charge in [0.15, 0.2) is 0 Å². The third-order valence-electron chi connectivity index (χ3n) is 4.44. The molecule has 0 aliphatic carbocycles. The number of pyridine rings is 1. The van der Waals surface area contributed by atoms with Crippen molar-refractivity contribution in [2.24, 2.45) is 0 Å². The summed E-state index contributed by atoms with van der Waals surface area (Å²) in [6, 6.07) is 6.80. The molecule has 0 saturated heterocycles. The minimum atomic E-state index is -4.53. The van der Waals surface area contributed by atoms with Gasteiger partial charge in [0.1, 0.15) is 17.0 Å². The highest BCUT2D eigenvalue weighted by atomic mass is 19.4. The van der Waals surface area contributed by atoms with Gasteiger partial charge >= 0.3 is 6.18 Å². The van der Waals surface area contributed by atoms with E-state index in [2.05, 4.69) is 5.48 Å². The van der Waals surface area contributed by atoms with E-state index in [9.17, 15) is 18.0 Å². The predicted octanol–water partition coefficient (Wildman–Crippen LogP) is 3.71. The number of hydrogen-bond donors (Lipinski definition) is 1. The Morgan fingerprint density at radius 1 is 1.19 bits per heavy atom. The Kier molecular flexibility index (Phi) is 4.55. The molecule has 1 aliphatic heterocycles. The maximum absolute atomic E-state index is 13.5. The summed E-state index contributed by atoms with van der Waals surface area (Å²) in [6.07, 6.45) is -3.03. The summed E-state index contributed by atoms with van der Waals surface area (Å²) in [5.74, 6) is 0.262. The van der Waals surface area contributed by atoms with Gasteiger partial charge in [-0.1, -0.05) is 6.07 Å². The van der Waals surface area contributed by atoms with Gasteiger partial charge in [-0.3, -0.25) is 19.7 Å². The topological polar surface area (TPSA) is 52.5 Å². The van der Waals surface area contributed by atoms with Gasteiger partial charge in [0, 0.05) is 17.8 Å². The Balaban J connectivity index is 2.45. The number of ether oxygens (including phenoxy) is 1. The van der Waals surface area contributed by atoms with E-state index < -0.39 is 17.3 Å². The Bertz CT molecular complexity index is 975. The summed E-state index contributed by atoms with van der Waals surface area (Å²) in [7, 11) is 1.38. The molecule has 0 fully saturated rings. The zero-order valence-corrected chi connectivity index (χ0v) is 15.3. The van der Waals surface area contributed by atoms with Gasteiger partial charge in [-0.2, -0.15) is 13.2 Å². The normalized spacial score (nSPS) is 16.0. The molecule has 0 amide bonds. The number of benzene rings is 1. The number of nitrogens with zero attached hydrogens (tertiary/aromatic N) is 1. The molecular formula is C19H19F3N2O3. The minimum Gasteiger partial charge on any atom is -0.481 e. The van der Waals surface area contributed by atoms with E-state index >= 15 is 0 Å². The highest BCUT2D eigenvalue weighted by molar-refractivity contribution is 5.79. The highest BCUT2D eigenvalue weighted by Crippen LogP contribution is 2.45. The number of hydrogen-bond acceptors (Lipinski definition) is 4. The van der Waals surface area contributed by atoms with E-state index in [1.807, 2.05) is 0 Å². The number of aromatic nitrogens is 1. The average molecular weight is 380 g/mol. The van der Waals surface area contributed by atoms with Crippen molar-refractivity contribution in [2.45, 2.75) is 32.5 Å². The summed E-state index contributed by atoms with van der Waals surface area (Å²) in [6.45, 7) is 4.83. The van der Waals surface area contributed by atoms with Crippen LogP contribution in [0.15, 0.2) is 47.0 Å². The zero-order valence-electron chi connectivity index (χ0n) is 15.3. The third-order valence-corrected chi connectivity index (χ3v) is 4.44. The first kappa shape index (κ1) is 19.0. The van der Waals surface area contributed by atoms with E-state index in [0.29, 0.717) is 5.70 Å². The van der Waals surface area contributed by atoms with E-state index in [1.165, 1.54) is 36.9 Å². The average Bonchev–Trinajstić information content (AvgIpc) is 2.55. The van der Waals surface area contributed by atoms with Gasteiger partial charge < -0.3 is 4.74 Å². The number of fused-ring (bicyclic) bond motifs is 1. The van der Waals surface area contributed by atoms with Crippen LogP contribution in [0.2, 0.25) is 0 Å². The Hall–Kier alpha value is -2.74. The molecule has 1 aliphatic rings. The quantitative estimate of drug-likeness (QED) is 0.825. The smallest absolute Gasteiger partial charge is 0.416 e. The van der Waals surface area contributed by atoms with Gasteiger partial charge in [-0.15, -0.1) is 0 Å². The largest absolute Gasteiger partial charge is 0.481 e. The van der Waals surface area contributed by atoms with Crippen molar-refractivity contribution >= 4 is 5.70 Å². The first-order valence-corrected chi connectivity index (χ1v) is 8.20. The van der Waals surface area contributed by atoms with Crippen LogP contribution in [0.5, 0.6) is 5.75 Å². The summed E-state index contributed by atoms with van der Waals surface area (Å²) in [4.78, 5) is 17.5. The van der Waals surface area contributed by atoms with E-state index in [-0.39, 0.29) is 28.1 Å². The van der Waals surface area contributed by atoms with Crippen LogP contribution in [-0.2, 0) is 11.0 Å². The lowest BCUT2D eigenvalue weighted by molar-refractivity contribution is -0.138. The van der Waals surface area contributed by atoms with Crippen LogP contribution >= 0.6 is 0 Å². The molecule has 2 heterocycles. The Morgan fingerprint density at radius 2 is 1.89 bits per heavy atom. The highest BCUT2D eigenvalue weighted by Gasteiger charge is 2.41. The number of nitrogens with one attached hydrogen (secondary N) is 1. The summed E-state index contributed by atoms with van der Waals surface area (Å²) in [5, 5.41) is 0. The third kappa shape index (κ3) is 3.21. The lowest BCUT2D eigenvalue weighted by Gasteiger charge is -2.38. The second-order valence-electron chi connectivity index (χ2n) is 6.66. The Morgan fingerprint density at radius 3 is 2.48 bits per heavy atom. The van der Waals surface area contributed by atoms with Gasteiger partial charge in [-0.25, -0.2) is 0 Å². The number of hydroxylamine groups is 1. The molecule has 3 rings (SSSR count). The SMILES string of the molecule is CONC1=C(n2ccccc2=O)c2c(ccc(C(F)(F)F)c2C)OC1(C)C. The summed E-state index contributed by atoms with van der Waals surface area (Å²) >= 11 is 0. The van der Waals surface area contributed by atoms with Crippen molar-refractivity contribution in [3.8, 4) is 5.75 Å². The number of alkyl halides is 3. The van der Waals surface area contributed by atoms with Crippen LogP contribution in [-0.4, -0.2) is 17.3 Å². The molecule has 2 aromatic rings. The number of halogens is 3. The van der Waals surface area contributed by atoms with Crippen LogP contribution < -0.4 is 15.8 Å². The van der Waals surface area contributed by atoms with Gasteiger partial charge in [0.05, 0.1) is 18.4 Å². The van der Waals surface area contributed by atoms with Crippen LogP contribution in [0.25, 0.3) is 5.70 Å². The van der Waals surface area contributed by atoms with Gasteiger partial charge in [-0.05, 0) is 44.5 Å². The monoisotopic (exact) mass is 380 g/mol. The molecule has 0 atom stereocenters. The molecule has 0 saturated carbocycles. The maximum Gasteiger partial charge on any atom is 0.416 e. The molecule has 0 unspecified atom stereocenters. The van der Waals surface area contributed by atoms with Gasteiger partial charge in [0.2, 0.25) is 0 Å². The van der Waals surface area contributed by atoms with E-state index in [0.717, 1.165) is 6.07 Å². The van der Waals surface area contributed by atoms with Crippen molar-refractivity contribution in [3.05, 3.63) is 69.3 Å². The van der Waals surface area contributed by atoms with Crippen LogP contribution in [0.1, 0.15) is 30.5 Å². The fourth-order valence-electron chi connectivity index (χ4n) is 3.24. The van der Waals surface area contributed by atoms with Crippen molar-refractivity contribution in [1.29, 1.82) is 0 Å². The van der Waals surface area contributed by atoms with Crippen molar-refractivity contribution in [2.75, 3.05) is 7.11 Å². The second kappa shape index (κ2) is 6.45. The molecule has 8 heteroatoms. The molecule has 1 N–H and O–H groups in total. The van der Waals surface area contributed by atoms with Crippen LogP contribution in [0.4, 0.5) is 13.2 Å². The zero-order chi connectivity index (χ0) is 20.0. The molecule has 1 aromatic heterocycles. The molecule has 0 bridgehead atoms. The minimum absolute atomic E-state index is 0.0309. The van der Waals surface area contributed by atoms with Crippen molar-refractivity contribution in [1.82, 2.24) is 10.0 Å². The van der Waals surface area contributed by atoms with Crippen molar-refractivity contribution in [3.63, 3.8) is 0 Å². The summed E-state index contributed by atoms with van der Waals surface area (Å²) in [5.41, 5.74) is 1.31. The Labute approximate surface area is 154 Å². The summed E-state index contributed by atoms with van der Waals surface area (Å²) < 4.78 is 47.6.